The maximum Gasteiger partial charge on any atom is 0.321 e. The predicted octanol–water partition coefficient (Wildman–Crippen LogP) is 1.24. The van der Waals surface area contributed by atoms with Gasteiger partial charge in [0.05, 0.1) is 11.6 Å². The number of amides is 2. The molecule has 2 atom stereocenters. The molecule has 0 saturated carbocycles. The van der Waals surface area contributed by atoms with Crippen molar-refractivity contribution in [2.75, 3.05) is 18.4 Å². The van der Waals surface area contributed by atoms with Gasteiger partial charge in [0.25, 0.3) is 0 Å². The van der Waals surface area contributed by atoms with Crippen molar-refractivity contribution < 1.29 is 14.7 Å². The highest BCUT2D eigenvalue weighted by atomic mass is 16.4. The number of benzene rings is 1. The summed E-state index contributed by atoms with van der Waals surface area (Å²) in [4.78, 5) is 25.1. The molecule has 2 N–H and O–H groups in total. The first kappa shape index (κ1) is 15.9. The summed E-state index contributed by atoms with van der Waals surface area (Å²) in [5, 5.41) is 22.9. The molecule has 2 aromatic rings. The fourth-order valence-electron chi connectivity index (χ4n) is 2.88. The highest BCUT2D eigenvalue weighted by Crippen LogP contribution is 2.22. The number of tetrazole rings is 1. The standard InChI is InChI=1S/C15H18N6O3/c1-10-6-11(14(22)23)8-20(7-10)15(24)17-12-2-4-13(5-3-12)21-9-16-18-19-21/h2-5,9-11H,6-8H2,1H3,(H,17,24)(H,22,23). The smallest absolute Gasteiger partial charge is 0.321 e. The number of urea groups is 1. The number of carboxylic acids is 1. The Bertz CT molecular complexity index is 715. The van der Waals surface area contributed by atoms with E-state index in [4.69, 9.17) is 0 Å². The molecular formula is C15H18N6O3. The first-order valence-corrected chi connectivity index (χ1v) is 7.65. The van der Waals surface area contributed by atoms with Gasteiger partial charge in [-0.25, -0.2) is 9.48 Å². The molecule has 2 heterocycles. The van der Waals surface area contributed by atoms with Crippen molar-refractivity contribution in [2.24, 2.45) is 11.8 Å². The number of aliphatic carboxylic acids is 1. The van der Waals surface area contributed by atoms with Gasteiger partial charge < -0.3 is 15.3 Å². The van der Waals surface area contributed by atoms with E-state index in [1.54, 1.807) is 29.2 Å². The second-order valence-electron chi connectivity index (χ2n) is 6.01. The van der Waals surface area contributed by atoms with Crippen molar-refractivity contribution in [1.29, 1.82) is 0 Å². The Morgan fingerprint density at radius 3 is 2.62 bits per heavy atom. The number of carboxylic acid groups (broad SMARTS) is 1. The molecule has 0 bridgehead atoms. The Labute approximate surface area is 138 Å². The summed E-state index contributed by atoms with van der Waals surface area (Å²) in [5.41, 5.74) is 1.40. The molecule has 2 amide bonds. The Hall–Kier alpha value is -2.97. The number of hydrogen-bond acceptors (Lipinski definition) is 5. The van der Waals surface area contributed by atoms with Gasteiger partial charge in [-0.3, -0.25) is 4.79 Å². The van der Waals surface area contributed by atoms with E-state index in [1.807, 2.05) is 6.92 Å². The van der Waals surface area contributed by atoms with Crippen LogP contribution < -0.4 is 5.32 Å². The van der Waals surface area contributed by atoms with E-state index in [1.165, 1.54) is 11.0 Å². The van der Waals surface area contributed by atoms with E-state index < -0.39 is 11.9 Å². The van der Waals surface area contributed by atoms with Crippen LogP contribution in [0.1, 0.15) is 13.3 Å². The van der Waals surface area contributed by atoms with Crippen LogP contribution >= 0.6 is 0 Å². The summed E-state index contributed by atoms with van der Waals surface area (Å²) >= 11 is 0. The molecule has 0 radical (unpaired) electrons. The van der Waals surface area contributed by atoms with Gasteiger partial charge in [0.2, 0.25) is 0 Å². The number of nitrogens with zero attached hydrogens (tertiary/aromatic N) is 5. The van der Waals surface area contributed by atoms with Crippen LogP contribution in [0.4, 0.5) is 10.5 Å². The minimum atomic E-state index is -0.856. The molecule has 1 aliphatic heterocycles. The van der Waals surface area contributed by atoms with E-state index >= 15 is 0 Å². The lowest BCUT2D eigenvalue weighted by atomic mass is 9.91. The second-order valence-corrected chi connectivity index (χ2v) is 6.01. The zero-order valence-corrected chi connectivity index (χ0v) is 13.2. The molecule has 9 nitrogen and oxygen atoms in total. The SMILES string of the molecule is CC1CC(C(=O)O)CN(C(=O)Nc2ccc(-n3cnnn3)cc2)C1. The molecule has 24 heavy (non-hydrogen) atoms. The van der Waals surface area contributed by atoms with Gasteiger partial charge in [-0.05, 0) is 47.0 Å². The number of carbonyl (C=O) groups is 2. The van der Waals surface area contributed by atoms with Crippen molar-refractivity contribution in [3.8, 4) is 5.69 Å². The van der Waals surface area contributed by atoms with Gasteiger partial charge in [-0.1, -0.05) is 6.92 Å². The number of nitrogens with one attached hydrogen (secondary N) is 1. The Morgan fingerprint density at radius 2 is 2.00 bits per heavy atom. The monoisotopic (exact) mass is 330 g/mol. The lowest BCUT2D eigenvalue weighted by Gasteiger charge is -2.34. The number of aromatic nitrogens is 4. The van der Waals surface area contributed by atoms with Crippen LogP contribution in [0, 0.1) is 11.8 Å². The Balaban J connectivity index is 1.65. The molecule has 0 aliphatic carbocycles. The lowest BCUT2D eigenvalue weighted by Crippen LogP contribution is -2.47. The molecule has 1 aromatic heterocycles. The first-order valence-electron chi connectivity index (χ1n) is 7.65. The summed E-state index contributed by atoms with van der Waals surface area (Å²) < 4.78 is 1.51. The highest BCUT2D eigenvalue weighted by Gasteiger charge is 2.31. The van der Waals surface area contributed by atoms with Crippen molar-refractivity contribution in [3.63, 3.8) is 0 Å². The van der Waals surface area contributed by atoms with Crippen LogP contribution in [0.2, 0.25) is 0 Å². The summed E-state index contributed by atoms with van der Waals surface area (Å²) in [6, 6.07) is 6.77. The molecule has 0 spiro atoms. The fourth-order valence-corrected chi connectivity index (χ4v) is 2.88. The van der Waals surface area contributed by atoms with E-state index in [2.05, 4.69) is 20.8 Å². The van der Waals surface area contributed by atoms with Crippen molar-refractivity contribution in [2.45, 2.75) is 13.3 Å². The third-order valence-corrected chi connectivity index (χ3v) is 4.03. The molecule has 2 unspecified atom stereocenters. The van der Waals surface area contributed by atoms with Gasteiger partial charge in [0.1, 0.15) is 6.33 Å². The second kappa shape index (κ2) is 6.65. The molecular weight excluding hydrogens is 312 g/mol. The Morgan fingerprint density at radius 1 is 1.25 bits per heavy atom. The maximum absolute atomic E-state index is 12.4. The van der Waals surface area contributed by atoms with E-state index in [-0.39, 0.29) is 18.5 Å². The summed E-state index contributed by atoms with van der Waals surface area (Å²) in [6.45, 7) is 2.74. The van der Waals surface area contributed by atoms with Gasteiger partial charge in [0.15, 0.2) is 0 Å². The number of carbonyl (C=O) groups excluding carboxylic acids is 1. The minimum Gasteiger partial charge on any atom is -0.481 e. The predicted molar refractivity (Wildman–Crippen MR) is 84.7 cm³/mol. The van der Waals surface area contributed by atoms with Crippen LogP contribution in [0.15, 0.2) is 30.6 Å². The fraction of sp³-hybridized carbons (Fsp3) is 0.400. The van der Waals surface area contributed by atoms with Crippen LogP contribution in [0.25, 0.3) is 5.69 Å². The number of piperidine rings is 1. The van der Waals surface area contributed by atoms with Gasteiger partial charge in [0, 0.05) is 18.8 Å². The third kappa shape index (κ3) is 3.50. The molecule has 126 valence electrons. The Kier molecular flexibility index (Phi) is 4.41. The zero-order valence-electron chi connectivity index (χ0n) is 13.2. The first-order chi connectivity index (χ1) is 11.5. The normalized spacial score (nSPS) is 20.6. The van der Waals surface area contributed by atoms with Crippen LogP contribution in [0.5, 0.6) is 0 Å². The van der Waals surface area contributed by atoms with Crippen LogP contribution in [0.3, 0.4) is 0 Å². The summed E-state index contributed by atoms with van der Waals surface area (Å²) in [5.74, 6) is -1.21. The third-order valence-electron chi connectivity index (χ3n) is 4.03. The molecule has 1 fully saturated rings. The molecule has 1 aliphatic rings. The van der Waals surface area contributed by atoms with Gasteiger partial charge >= 0.3 is 12.0 Å². The highest BCUT2D eigenvalue weighted by molar-refractivity contribution is 5.89. The average molecular weight is 330 g/mol. The molecule has 1 aromatic carbocycles. The molecule has 3 rings (SSSR count). The van der Waals surface area contributed by atoms with E-state index in [0.29, 0.717) is 18.7 Å². The van der Waals surface area contributed by atoms with Crippen molar-refractivity contribution in [1.82, 2.24) is 25.1 Å². The number of likely N-dealkylation sites (tertiary alicyclic amines) is 1. The van der Waals surface area contributed by atoms with E-state index in [0.717, 1.165) is 5.69 Å². The molecule has 9 heteroatoms. The quantitative estimate of drug-likeness (QED) is 0.875. The maximum atomic E-state index is 12.4. The largest absolute Gasteiger partial charge is 0.481 e. The lowest BCUT2D eigenvalue weighted by molar-refractivity contribution is -0.143. The minimum absolute atomic E-state index is 0.160. The van der Waals surface area contributed by atoms with E-state index in [9.17, 15) is 14.7 Å². The average Bonchev–Trinajstić information content (AvgIpc) is 3.09. The van der Waals surface area contributed by atoms with Crippen molar-refractivity contribution in [3.05, 3.63) is 30.6 Å². The number of hydrogen-bond donors (Lipinski definition) is 2. The van der Waals surface area contributed by atoms with Crippen LogP contribution in [-0.4, -0.2) is 55.3 Å². The summed E-state index contributed by atoms with van der Waals surface area (Å²) in [7, 11) is 0. The van der Waals surface area contributed by atoms with Crippen LogP contribution in [-0.2, 0) is 4.79 Å². The molecule has 1 saturated heterocycles. The van der Waals surface area contributed by atoms with Gasteiger partial charge in [-0.15, -0.1) is 5.10 Å². The number of rotatable bonds is 3. The van der Waals surface area contributed by atoms with Crippen molar-refractivity contribution >= 4 is 17.7 Å². The summed E-state index contributed by atoms with van der Waals surface area (Å²) in [6.07, 6.45) is 2.08. The topological polar surface area (TPSA) is 113 Å². The van der Waals surface area contributed by atoms with Gasteiger partial charge in [-0.2, -0.15) is 0 Å². The zero-order chi connectivity index (χ0) is 17.1. The number of anilines is 1.